The van der Waals surface area contributed by atoms with Gasteiger partial charge in [0.1, 0.15) is 40.4 Å². The van der Waals surface area contributed by atoms with Crippen LogP contribution in [0.1, 0.15) is 36.0 Å². The normalized spacial score (nSPS) is 17.5. The van der Waals surface area contributed by atoms with Crippen LogP contribution in [0.25, 0.3) is 11.1 Å². The summed E-state index contributed by atoms with van der Waals surface area (Å²) >= 11 is 1.38. The molecule has 1 saturated carbocycles. The number of aromatic nitrogens is 2. The van der Waals surface area contributed by atoms with Crippen LogP contribution in [-0.4, -0.2) is 27.3 Å². The molecule has 1 aliphatic carbocycles. The summed E-state index contributed by atoms with van der Waals surface area (Å²) in [5, 5.41) is 30.1. The van der Waals surface area contributed by atoms with E-state index in [0.29, 0.717) is 33.2 Å². The Labute approximate surface area is 190 Å². The topological polar surface area (TPSA) is 129 Å². The Hall–Kier alpha value is -3.59. The average Bonchev–Trinajstić information content (AvgIpc) is 3.22. The first-order valence-electron chi connectivity index (χ1n) is 10.2. The second-order valence-corrected chi connectivity index (χ2v) is 8.44. The van der Waals surface area contributed by atoms with Gasteiger partial charge in [0.2, 0.25) is 0 Å². The van der Waals surface area contributed by atoms with E-state index in [1.165, 1.54) is 11.8 Å². The number of hydrogen-bond acceptors (Lipinski definition) is 8. The Kier molecular flexibility index (Phi) is 6.55. The van der Waals surface area contributed by atoms with Crippen molar-refractivity contribution >= 4 is 17.6 Å². The highest BCUT2D eigenvalue weighted by Crippen LogP contribution is 2.37. The number of nitrogens with zero attached hydrogens (tertiary/aromatic N) is 4. The van der Waals surface area contributed by atoms with Gasteiger partial charge in [-0.3, -0.25) is 4.98 Å². The van der Waals surface area contributed by atoms with Crippen molar-refractivity contribution in [2.75, 3.05) is 5.73 Å². The zero-order valence-corrected chi connectivity index (χ0v) is 18.0. The lowest BCUT2D eigenvalue weighted by Gasteiger charge is -2.18. The van der Waals surface area contributed by atoms with E-state index >= 15 is 0 Å². The largest absolute Gasteiger partial charge is 0.488 e. The molecule has 0 aliphatic heterocycles. The third-order valence-corrected chi connectivity index (χ3v) is 6.41. The molecule has 4 rings (SSSR count). The van der Waals surface area contributed by atoms with Crippen molar-refractivity contribution in [1.82, 2.24) is 9.97 Å². The van der Waals surface area contributed by atoms with E-state index in [1.807, 2.05) is 12.1 Å². The smallest absolute Gasteiger partial charge is 0.143 e. The second kappa shape index (κ2) is 9.69. The van der Waals surface area contributed by atoms with Crippen molar-refractivity contribution in [3.8, 4) is 29.0 Å². The van der Waals surface area contributed by atoms with Crippen LogP contribution in [0, 0.1) is 22.7 Å². The number of nitrogen functional groups attached to an aromatic ring is 1. The molecule has 0 bridgehead atoms. The Morgan fingerprint density at radius 2 is 1.91 bits per heavy atom. The highest BCUT2D eigenvalue weighted by molar-refractivity contribution is 7.98. The van der Waals surface area contributed by atoms with Crippen molar-refractivity contribution in [2.45, 2.75) is 42.2 Å². The van der Waals surface area contributed by atoms with Crippen LogP contribution in [0.4, 0.5) is 5.82 Å². The van der Waals surface area contributed by atoms with Crippen molar-refractivity contribution < 1.29 is 9.84 Å². The van der Waals surface area contributed by atoms with Crippen LogP contribution >= 0.6 is 11.8 Å². The molecule has 1 aliphatic rings. The first kappa shape index (κ1) is 21.6. The first-order chi connectivity index (χ1) is 15.6. The number of thioether (sulfide) groups is 1. The summed E-state index contributed by atoms with van der Waals surface area (Å²) in [6.45, 7) is 0. The van der Waals surface area contributed by atoms with E-state index < -0.39 is 6.10 Å². The number of aliphatic hydroxyl groups is 1. The van der Waals surface area contributed by atoms with E-state index in [2.05, 4.69) is 22.1 Å². The lowest BCUT2D eigenvalue weighted by molar-refractivity contribution is 0.0604. The molecule has 0 unspecified atom stereocenters. The number of rotatable bonds is 6. The predicted molar refractivity (Wildman–Crippen MR) is 122 cm³/mol. The van der Waals surface area contributed by atoms with Crippen molar-refractivity contribution in [1.29, 1.82) is 10.5 Å². The molecule has 8 heteroatoms. The number of aliphatic hydroxyl groups excluding tert-OH is 1. The van der Waals surface area contributed by atoms with Gasteiger partial charge in [-0.2, -0.15) is 10.5 Å². The van der Waals surface area contributed by atoms with Gasteiger partial charge in [-0.25, -0.2) is 4.98 Å². The minimum absolute atomic E-state index is 0.0876. The number of anilines is 1. The monoisotopic (exact) mass is 443 g/mol. The van der Waals surface area contributed by atoms with Crippen LogP contribution in [0.5, 0.6) is 5.75 Å². The molecule has 1 fully saturated rings. The summed E-state index contributed by atoms with van der Waals surface area (Å²) in [5.41, 5.74) is 8.71. The summed E-state index contributed by atoms with van der Waals surface area (Å²) in [5.74, 6) is 1.28. The molecule has 3 aromatic rings. The van der Waals surface area contributed by atoms with Crippen molar-refractivity contribution in [3.05, 3.63) is 65.5 Å². The summed E-state index contributed by atoms with van der Waals surface area (Å²) in [7, 11) is 0. The van der Waals surface area contributed by atoms with E-state index in [-0.39, 0.29) is 17.5 Å². The molecule has 2 aromatic heterocycles. The fourth-order valence-electron chi connectivity index (χ4n) is 3.75. The number of benzene rings is 1. The van der Waals surface area contributed by atoms with Gasteiger partial charge in [-0.1, -0.05) is 18.2 Å². The molecule has 160 valence electrons. The van der Waals surface area contributed by atoms with Gasteiger partial charge < -0.3 is 15.6 Å². The van der Waals surface area contributed by atoms with Gasteiger partial charge in [0.05, 0.1) is 11.7 Å². The van der Waals surface area contributed by atoms with Crippen LogP contribution in [-0.2, 0) is 5.75 Å². The molecule has 0 spiro atoms. The Balaban J connectivity index is 1.67. The second-order valence-electron chi connectivity index (χ2n) is 7.48. The van der Waals surface area contributed by atoms with E-state index in [4.69, 9.17) is 10.5 Å². The van der Waals surface area contributed by atoms with Crippen LogP contribution in [0.15, 0.2) is 53.8 Å². The fraction of sp³-hybridized carbons (Fsp3) is 0.250. The minimum atomic E-state index is -0.454. The Morgan fingerprint density at radius 3 is 2.53 bits per heavy atom. The zero-order chi connectivity index (χ0) is 22.5. The maximum atomic E-state index is 9.99. The number of ether oxygens (including phenoxy) is 1. The highest BCUT2D eigenvalue weighted by atomic mass is 32.2. The Morgan fingerprint density at radius 1 is 1.12 bits per heavy atom. The molecule has 2 atom stereocenters. The third kappa shape index (κ3) is 4.52. The predicted octanol–water partition coefficient (Wildman–Crippen LogP) is 4.05. The number of nitrogens with two attached hydrogens (primary N) is 1. The van der Waals surface area contributed by atoms with Gasteiger partial charge >= 0.3 is 0 Å². The number of pyridine rings is 2. The summed E-state index contributed by atoms with van der Waals surface area (Å²) in [4.78, 5) is 8.44. The van der Waals surface area contributed by atoms with Gasteiger partial charge in [0.15, 0.2) is 0 Å². The summed E-state index contributed by atoms with van der Waals surface area (Å²) in [6.07, 6.45) is 5.30. The molecule has 32 heavy (non-hydrogen) atoms. The zero-order valence-electron chi connectivity index (χ0n) is 17.2. The third-order valence-electron chi connectivity index (χ3n) is 5.36. The number of nitriles is 2. The summed E-state index contributed by atoms with van der Waals surface area (Å²) in [6, 6.07) is 15.2. The highest BCUT2D eigenvalue weighted by Gasteiger charge is 2.27. The van der Waals surface area contributed by atoms with Crippen molar-refractivity contribution in [3.63, 3.8) is 0 Å². The van der Waals surface area contributed by atoms with Gasteiger partial charge in [0, 0.05) is 23.7 Å². The minimum Gasteiger partial charge on any atom is -0.488 e. The lowest BCUT2D eigenvalue weighted by Crippen LogP contribution is -2.25. The molecular weight excluding hydrogens is 422 g/mol. The van der Waals surface area contributed by atoms with Crippen LogP contribution in [0.3, 0.4) is 0 Å². The van der Waals surface area contributed by atoms with Gasteiger partial charge in [-0.15, -0.1) is 11.8 Å². The quantitative estimate of drug-likeness (QED) is 0.546. The number of hydrogen-bond donors (Lipinski definition) is 2. The van der Waals surface area contributed by atoms with Crippen LogP contribution < -0.4 is 10.5 Å². The molecular formula is C24H21N5O2S. The first-order valence-corrected chi connectivity index (χ1v) is 11.2. The van der Waals surface area contributed by atoms with E-state index in [1.54, 1.807) is 36.7 Å². The summed E-state index contributed by atoms with van der Waals surface area (Å²) < 4.78 is 5.90. The average molecular weight is 444 g/mol. The maximum Gasteiger partial charge on any atom is 0.143 e. The molecule has 7 nitrogen and oxygen atoms in total. The van der Waals surface area contributed by atoms with E-state index in [9.17, 15) is 15.6 Å². The van der Waals surface area contributed by atoms with Crippen LogP contribution in [0.2, 0.25) is 0 Å². The molecule has 1 aromatic carbocycles. The van der Waals surface area contributed by atoms with Gasteiger partial charge in [0.25, 0.3) is 0 Å². The fourth-order valence-corrected chi connectivity index (χ4v) is 4.67. The van der Waals surface area contributed by atoms with E-state index in [0.717, 1.165) is 24.8 Å². The van der Waals surface area contributed by atoms with Crippen molar-refractivity contribution in [2.24, 2.45) is 0 Å². The molecule has 0 saturated heterocycles. The SMILES string of the molecule is N#Cc1c(N)nc(SCc2cccnc2)c(C#N)c1-c1ccc(O[C@H]2CCC[C@@H]2O)cc1. The standard InChI is InChI=1S/C24H21N5O2S/c25-11-18-22(16-6-8-17(9-7-16)31-21-5-1-4-20(21)30)19(12-26)24(29-23(18)27)32-14-15-3-2-10-28-13-15/h2-3,6-10,13,20-21,30H,1,4-5,14H2,(H2,27,29)/t20-,21-/m0/s1. The van der Waals surface area contributed by atoms with Gasteiger partial charge in [-0.05, 0) is 48.6 Å². The molecule has 2 heterocycles. The maximum absolute atomic E-state index is 9.99. The molecule has 0 amide bonds. The lowest BCUT2D eigenvalue weighted by atomic mass is 9.97. The Bertz CT molecular complexity index is 1190. The molecule has 3 N–H and O–H groups in total. The molecule has 0 radical (unpaired) electrons.